The molecule has 3 rings (SSSR count). The molecule has 1 aromatic carbocycles. The number of benzene rings is 1. The molecule has 5 nitrogen and oxygen atoms in total. The van der Waals surface area contributed by atoms with Gasteiger partial charge in [0.25, 0.3) is 5.91 Å². The second-order valence-electron chi connectivity index (χ2n) is 4.79. The van der Waals surface area contributed by atoms with Gasteiger partial charge >= 0.3 is 0 Å². The molecule has 1 aliphatic rings. The third-order valence-electron chi connectivity index (χ3n) is 3.41. The van der Waals surface area contributed by atoms with E-state index in [0.29, 0.717) is 17.9 Å². The largest absolute Gasteiger partial charge is 0.312 e. The van der Waals surface area contributed by atoms with Gasteiger partial charge in [0.05, 0.1) is 5.69 Å². The van der Waals surface area contributed by atoms with Crippen LogP contribution in [0.25, 0.3) is 0 Å². The monoisotopic (exact) mass is 274 g/mol. The summed E-state index contributed by atoms with van der Waals surface area (Å²) in [6.45, 7) is 1.59. The highest BCUT2D eigenvalue weighted by Gasteiger charge is 2.20. The first-order chi connectivity index (χ1) is 9.65. The van der Waals surface area contributed by atoms with Crippen LogP contribution in [0.4, 0.5) is 10.2 Å². The SMILES string of the molecule is Cn1nc2c(c1NC(=O)c1ccc(F)cc1)CNCC2. The molecule has 0 unspecified atom stereocenters. The molecular weight excluding hydrogens is 259 g/mol. The number of halogens is 1. The summed E-state index contributed by atoms with van der Waals surface area (Å²) in [6.07, 6.45) is 0.857. The van der Waals surface area contributed by atoms with E-state index in [1.165, 1.54) is 24.3 Å². The molecule has 6 heteroatoms. The number of rotatable bonds is 2. The van der Waals surface area contributed by atoms with Gasteiger partial charge in [0, 0.05) is 37.7 Å². The lowest BCUT2D eigenvalue weighted by atomic mass is 10.1. The summed E-state index contributed by atoms with van der Waals surface area (Å²) in [6, 6.07) is 5.47. The van der Waals surface area contributed by atoms with Gasteiger partial charge in [-0.05, 0) is 24.3 Å². The van der Waals surface area contributed by atoms with E-state index in [2.05, 4.69) is 15.7 Å². The normalized spacial score (nSPS) is 13.9. The molecule has 0 fully saturated rings. The summed E-state index contributed by atoms with van der Waals surface area (Å²) in [5.74, 6) is 0.0755. The van der Waals surface area contributed by atoms with Crippen LogP contribution in [-0.2, 0) is 20.0 Å². The van der Waals surface area contributed by atoms with Crippen molar-refractivity contribution in [3.8, 4) is 0 Å². The predicted molar refractivity (Wildman–Crippen MR) is 73.0 cm³/mol. The minimum Gasteiger partial charge on any atom is -0.312 e. The van der Waals surface area contributed by atoms with Crippen molar-refractivity contribution in [3.63, 3.8) is 0 Å². The van der Waals surface area contributed by atoms with E-state index in [0.717, 1.165) is 24.2 Å². The molecule has 0 radical (unpaired) electrons. The Morgan fingerprint density at radius 2 is 2.15 bits per heavy atom. The number of carbonyl (C=O) groups is 1. The highest BCUT2D eigenvalue weighted by molar-refractivity contribution is 6.04. The van der Waals surface area contributed by atoms with Gasteiger partial charge in [-0.3, -0.25) is 9.48 Å². The summed E-state index contributed by atoms with van der Waals surface area (Å²) in [5.41, 5.74) is 2.46. The van der Waals surface area contributed by atoms with Gasteiger partial charge in [-0.25, -0.2) is 4.39 Å². The number of hydrogen-bond acceptors (Lipinski definition) is 3. The van der Waals surface area contributed by atoms with Crippen LogP contribution in [0.5, 0.6) is 0 Å². The standard InChI is InChI=1S/C14H15FN4O/c1-19-13(11-8-16-7-6-12(11)18-19)17-14(20)9-2-4-10(15)5-3-9/h2-5,16H,6-8H2,1H3,(H,17,20). The van der Waals surface area contributed by atoms with E-state index in [9.17, 15) is 9.18 Å². The van der Waals surface area contributed by atoms with Crippen LogP contribution in [0.1, 0.15) is 21.6 Å². The number of aryl methyl sites for hydroxylation is 1. The lowest BCUT2D eigenvalue weighted by Gasteiger charge is -2.13. The first kappa shape index (κ1) is 12.8. The van der Waals surface area contributed by atoms with E-state index < -0.39 is 0 Å². The van der Waals surface area contributed by atoms with Crippen molar-refractivity contribution in [1.29, 1.82) is 0 Å². The fraction of sp³-hybridized carbons (Fsp3) is 0.286. The molecule has 104 valence electrons. The highest BCUT2D eigenvalue weighted by Crippen LogP contribution is 2.22. The van der Waals surface area contributed by atoms with Gasteiger partial charge in [-0.2, -0.15) is 5.10 Å². The summed E-state index contributed by atoms with van der Waals surface area (Å²) in [7, 11) is 1.80. The average Bonchev–Trinajstić information content (AvgIpc) is 2.76. The quantitative estimate of drug-likeness (QED) is 0.871. The van der Waals surface area contributed by atoms with Gasteiger partial charge in [0.2, 0.25) is 0 Å². The molecule has 1 aliphatic heterocycles. The van der Waals surface area contributed by atoms with Crippen molar-refractivity contribution in [2.75, 3.05) is 11.9 Å². The number of carbonyl (C=O) groups excluding carboxylic acids is 1. The van der Waals surface area contributed by atoms with Crippen LogP contribution in [0, 0.1) is 5.82 Å². The minimum atomic E-state index is -0.358. The van der Waals surface area contributed by atoms with Crippen molar-refractivity contribution in [1.82, 2.24) is 15.1 Å². The first-order valence-electron chi connectivity index (χ1n) is 6.47. The minimum absolute atomic E-state index is 0.263. The first-order valence-corrected chi connectivity index (χ1v) is 6.47. The van der Waals surface area contributed by atoms with Crippen molar-refractivity contribution in [2.24, 2.45) is 7.05 Å². The number of nitrogens with one attached hydrogen (secondary N) is 2. The zero-order valence-corrected chi connectivity index (χ0v) is 11.1. The molecule has 0 spiro atoms. The fourth-order valence-corrected chi connectivity index (χ4v) is 2.37. The number of amides is 1. The third kappa shape index (κ3) is 2.30. The Bertz CT molecular complexity index is 648. The fourth-order valence-electron chi connectivity index (χ4n) is 2.37. The smallest absolute Gasteiger partial charge is 0.256 e. The number of aromatic nitrogens is 2. The van der Waals surface area contributed by atoms with Crippen LogP contribution in [0.15, 0.2) is 24.3 Å². The second kappa shape index (κ2) is 5.05. The Kier molecular flexibility index (Phi) is 3.23. The molecule has 0 bridgehead atoms. The maximum absolute atomic E-state index is 12.9. The van der Waals surface area contributed by atoms with Gasteiger partial charge in [-0.1, -0.05) is 0 Å². The molecule has 2 heterocycles. The van der Waals surface area contributed by atoms with Crippen molar-refractivity contribution >= 4 is 11.7 Å². The van der Waals surface area contributed by atoms with E-state index in [1.54, 1.807) is 11.7 Å². The summed E-state index contributed by atoms with van der Waals surface area (Å²) in [4.78, 5) is 12.2. The Balaban J connectivity index is 1.86. The molecule has 20 heavy (non-hydrogen) atoms. The van der Waals surface area contributed by atoms with Crippen LogP contribution < -0.4 is 10.6 Å². The Morgan fingerprint density at radius 1 is 1.40 bits per heavy atom. The number of fused-ring (bicyclic) bond motifs is 1. The Hall–Kier alpha value is -2.21. The van der Waals surface area contributed by atoms with Crippen LogP contribution in [0.2, 0.25) is 0 Å². The average molecular weight is 274 g/mol. The van der Waals surface area contributed by atoms with Gasteiger partial charge < -0.3 is 10.6 Å². The summed E-state index contributed by atoms with van der Waals surface area (Å²) < 4.78 is 14.5. The topological polar surface area (TPSA) is 59.0 Å². The van der Waals surface area contributed by atoms with Gasteiger partial charge in [0.15, 0.2) is 0 Å². The molecule has 0 atom stereocenters. The van der Waals surface area contributed by atoms with Crippen LogP contribution >= 0.6 is 0 Å². The van der Waals surface area contributed by atoms with Crippen molar-refractivity contribution in [2.45, 2.75) is 13.0 Å². The third-order valence-corrected chi connectivity index (χ3v) is 3.41. The van der Waals surface area contributed by atoms with E-state index in [4.69, 9.17) is 0 Å². The zero-order chi connectivity index (χ0) is 14.1. The molecule has 0 saturated carbocycles. The van der Waals surface area contributed by atoms with Gasteiger partial charge in [-0.15, -0.1) is 0 Å². The maximum atomic E-state index is 12.9. The molecule has 2 N–H and O–H groups in total. The lowest BCUT2D eigenvalue weighted by molar-refractivity contribution is 0.102. The van der Waals surface area contributed by atoms with Gasteiger partial charge in [0.1, 0.15) is 11.6 Å². The van der Waals surface area contributed by atoms with Crippen LogP contribution in [0.3, 0.4) is 0 Å². The Morgan fingerprint density at radius 3 is 2.90 bits per heavy atom. The van der Waals surface area contributed by atoms with E-state index in [1.807, 2.05) is 0 Å². The van der Waals surface area contributed by atoms with Crippen molar-refractivity contribution < 1.29 is 9.18 Å². The molecule has 0 aliphatic carbocycles. The Labute approximate surface area is 115 Å². The highest BCUT2D eigenvalue weighted by atomic mass is 19.1. The number of anilines is 1. The number of hydrogen-bond donors (Lipinski definition) is 2. The predicted octanol–water partition coefficient (Wildman–Crippen LogP) is 1.46. The second-order valence-corrected chi connectivity index (χ2v) is 4.79. The molecule has 2 aromatic rings. The van der Waals surface area contributed by atoms with E-state index in [-0.39, 0.29) is 11.7 Å². The van der Waals surface area contributed by atoms with Crippen LogP contribution in [-0.4, -0.2) is 22.2 Å². The molecular formula is C14H15FN4O. The number of nitrogens with zero attached hydrogens (tertiary/aromatic N) is 2. The zero-order valence-electron chi connectivity index (χ0n) is 11.1. The molecule has 1 aromatic heterocycles. The van der Waals surface area contributed by atoms with E-state index >= 15 is 0 Å². The lowest BCUT2D eigenvalue weighted by Crippen LogP contribution is -2.24. The van der Waals surface area contributed by atoms with Crippen molar-refractivity contribution in [3.05, 3.63) is 46.9 Å². The maximum Gasteiger partial charge on any atom is 0.256 e. The summed E-state index contributed by atoms with van der Waals surface area (Å²) >= 11 is 0. The molecule has 1 amide bonds. The molecule has 0 saturated heterocycles. The summed E-state index contributed by atoms with van der Waals surface area (Å²) in [5, 5.41) is 10.5.